The average molecular weight is 166 g/mol. The number of hydrogen-bond donors (Lipinski definition) is 1. The largest absolute Gasteiger partial charge is 0.320 e. The van der Waals surface area contributed by atoms with Crippen molar-refractivity contribution in [3.63, 3.8) is 0 Å². The molecule has 1 N–H and O–H groups in total. The summed E-state index contributed by atoms with van der Waals surface area (Å²) in [5, 5.41) is 3.10. The molecule has 0 spiro atoms. The molecule has 0 rings (SSSR count). The summed E-state index contributed by atoms with van der Waals surface area (Å²) in [4.78, 5) is 0. The van der Waals surface area contributed by atoms with E-state index in [-0.39, 0.29) is 0 Å². The second-order valence-electron chi connectivity index (χ2n) is 2.65. The van der Waals surface area contributed by atoms with Crippen molar-refractivity contribution in [2.75, 3.05) is 13.6 Å². The van der Waals surface area contributed by atoms with Crippen molar-refractivity contribution in [3.8, 4) is 0 Å². The van der Waals surface area contributed by atoms with Crippen LogP contribution in [0.2, 0.25) is 11.6 Å². The Morgan fingerprint density at radius 2 is 2.11 bits per heavy atom. The van der Waals surface area contributed by atoms with Crippen LogP contribution in [0, 0.1) is 0 Å². The summed E-state index contributed by atoms with van der Waals surface area (Å²) in [5.74, 6) is 0. The molecule has 3 heteroatoms. The van der Waals surface area contributed by atoms with Crippen LogP contribution in [0.3, 0.4) is 0 Å². The molecule has 0 heterocycles. The number of halogens is 1. The SMILES string of the molecule is CNCC[SiH](Cl)C(C)C. The fourth-order valence-corrected chi connectivity index (χ4v) is 2.17. The summed E-state index contributed by atoms with van der Waals surface area (Å²) in [5.41, 5.74) is 0.736. The molecule has 56 valence electrons. The van der Waals surface area contributed by atoms with E-state index in [1.54, 1.807) is 0 Å². The summed E-state index contributed by atoms with van der Waals surface area (Å²) in [6, 6.07) is 1.20. The van der Waals surface area contributed by atoms with Gasteiger partial charge in [-0.15, -0.1) is 0 Å². The molecule has 0 bridgehead atoms. The maximum absolute atomic E-state index is 6.09. The van der Waals surface area contributed by atoms with E-state index in [0.717, 1.165) is 12.1 Å². The highest BCUT2D eigenvalue weighted by Crippen LogP contribution is 2.13. The zero-order valence-corrected chi connectivity index (χ0v) is 8.36. The van der Waals surface area contributed by atoms with Crippen molar-refractivity contribution in [1.82, 2.24) is 5.32 Å². The molecule has 0 amide bonds. The molecular formula is C6H16ClNSi. The molecule has 9 heavy (non-hydrogen) atoms. The van der Waals surface area contributed by atoms with Crippen molar-refractivity contribution in [1.29, 1.82) is 0 Å². The van der Waals surface area contributed by atoms with Gasteiger partial charge in [0.1, 0.15) is 8.11 Å². The summed E-state index contributed by atoms with van der Waals surface area (Å²) in [6.07, 6.45) is 0. The van der Waals surface area contributed by atoms with Crippen LogP contribution in [0.1, 0.15) is 13.8 Å². The van der Waals surface area contributed by atoms with Crippen LogP contribution < -0.4 is 5.32 Å². The molecule has 1 atom stereocenters. The maximum Gasteiger partial charge on any atom is 0.144 e. The maximum atomic E-state index is 6.09. The predicted octanol–water partition coefficient (Wildman–Crippen LogP) is 1.58. The third-order valence-electron chi connectivity index (χ3n) is 1.39. The van der Waals surface area contributed by atoms with Gasteiger partial charge in [-0.05, 0) is 25.2 Å². The third-order valence-corrected chi connectivity index (χ3v) is 5.85. The van der Waals surface area contributed by atoms with Crippen molar-refractivity contribution in [2.45, 2.75) is 25.4 Å². The van der Waals surface area contributed by atoms with Crippen LogP contribution in [-0.4, -0.2) is 21.7 Å². The van der Waals surface area contributed by atoms with Gasteiger partial charge in [0.05, 0.1) is 0 Å². The van der Waals surface area contributed by atoms with Crippen LogP contribution in [0.25, 0.3) is 0 Å². The van der Waals surface area contributed by atoms with E-state index >= 15 is 0 Å². The van der Waals surface area contributed by atoms with Gasteiger partial charge in [-0.2, -0.15) is 11.1 Å². The molecule has 0 aliphatic rings. The van der Waals surface area contributed by atoms with Crippen LogP contribution >= 0.6 is 11.1 Å². The van der Waals surface area contributed by atoms with Gasteiger partial charge in [0, 0.05) is 0 Å². The quantitative estimate of drug-likeness (QED) is 0.493. The Morgan fingerprint density at radius 1 is 1.56 bits per heavy atom. The smallest absolute Gasteiger partial charge is 0.144 e. The van der Waals surface area contributed by atoms with Crippen molar-refractivity contribution >= 4 is 19.2 Å². The highest BCUT2D eigenvalue weighted by Gasteiger charge is 2.09. The summed E-state index contributed by atoms with van der Waals surface area (Å²) in [6.45, 7) is 5.50. The van der Waals surface area contributed by atoms with Gasteiger partial charge >= 0.3 is 0 Å². The average Bonchev–Trinajstić information content (AvgIpc) is 1.82. The van der Waals surface area contributed by atoms with Crippen LogP contribution in [0.15, 0.2) is 0 Å². The molecule has 0 aromatic rings. The van der Waals surface area contributed by atoms with E-state index < -0.39 is 8.11 Å². The lowest BCUT2D eigenvalue weighted by atomic mass is 10.6. The summed E-state index contributed by atoms with van der Waals surface area (Å²) >= 11 is 6.09. The molecule has 0 radical (unpaired) electrons. The minimum atomic E-state index is -0.883. The topological polar surface area (TPSA) is 12.0 Å². The Bertz CT molecular complexity index is 68.1. The summed E-state index contributed by atoms with van der Waals surface area (Å²) in [7, 11) is 1.09. The lowest BCUT2D eigenvalue weighted by Crippen LogP contribution is -2.17. The van der Waals surface area contributed by atoms with Gasteiger partial charge in [-0.3, -0.25) is 0 Å². The van der Waals surface area contributed by atoms with Gasteiger partial charge in [-0.1, -0.05) is 13.8 Å². The molecule has 0 fully saturated rings. The highest BCUT2D eigenvalue weighted by molar-refractivity contribution is 7.07. The Kier molecular flexibility index (Phi) is 5.54. The first-order valence-corrected chi connectivity index (χ1v) is 6.70. The second kappa shape index (κ2) is 5.27. The predicted molar refractivity (Wildman–Crippen MR) is 46.8 cm³/mol. The normalized spacial score (nSPS) is 14.3. The zero-order valence-electron chi connectivity index (χ0n) is 6.45. The second-order valence-corrected chi connectivity index (χ2v) is 7.28. The minimum Gasteiger partial charge on any atom is -0.320 e. The van der Waals surface area contributed by atoms with Gasteiger partial charge in [0.15, 0.2) is 0 Å². The van der Waals surface area contributed by atoms with E-state index in [0.29, 0.717) is 0 Å². The molecule has 0 aliphatic heterocycles. The molecule has 0 saturated carbocycles. The molecule has 0 saturated heterocycles. The lowest BCUT2D eigenvalue weighted by molar-refractivity contribution is 0.849. The van der Waals surface area contributed by atoms with Gasteiger partial charge in [0.2, 0.25) is 0 Å². The monoisotopic (exact) mass is 165 g/mol. The molecular weight excluding hydrogens is 150 g/mol. The van der Waals surface area contributed by atoms with Crippen LogP contribution in [-0.2, 0) is 0 Å². The lowest BCUT2D eigenvalue weighted by Gasteiger charge is -2.09. The van der Waals surface area contributed by atoms with E-state index in [1.807, 2.05) is 7.05 Å². The van der Waals surface area contributed by atoms with Gasteiger partial charge in [-0.25, -0.2) is 0 Å². The number of nitrogens with one attached hydrogen (secondary N) is 1. The van der Waals surface area contributed by atoms with E-state index in [4.69, 9.17) is 11.1 Å². The zero-order chi connectivity index (χ0) is 7.28. The Hall–Kier alpha value is 0.467. The van der Waals surface area contributed by atoms with Crippen LogP contribution in [0.5, 0.6) is 0 Å². The van der Waals surface area contributed by atoms with Crippen LogP contribution in [0.4, 0.5) is 0 Å². The fraction of sp³-hybridized carbons (Fsp3) is 1.00. The standard InChI is InChI=1S/C6H16ClNSi/c1-6(2)9(7)5-4-8-3/h6,8-9H,4-5H2,1-3H3. The Balaban J connectivity index is 3.16. The van der Waals surface area contributed by atoms with Gasteiger partial charge in [0.25, 0.3) is 0 Å². The van der Waals surface area contributed by atoms with E-state index in [1.165, 1.54) is 6.04 Å². The Labute approximate surface area is 64.1 Å². The van der Waals surface area contributed by atoms with Crippen molar-refractivity contribution in [2.24, 2.45) is 0 Å². The van der Waals surface area contributed by atoms with E-state index in [2.05, 4.69) is 19.2 Å². The Morgan fingerprint density at radius 3 is 2.44 bits per heavy atom. The first-order valence-electron chi connectivity index (χ1n) is 3.47. The number of hydrogen-bond acceptors (Lipinski definition) is 1. The number of rotatable bonds is 4. The first kappa shape index (κ1) is 9.47. The molecule has 0 aliphatic carbocycles. The third kappa shape index (κ3) is 4.94. The van der Waals surface area contributed by atoms with Crippen molar-refractivity contribution in [3.05, 3.63) is 0 Å². The molecule has 1 unspecified atom stereocenters. The fourth-order valence-electron chi connectivity index (χ4n) is 0.616. The summed E-state index contributed by atoms with van der Waals surface area (Å²) < 4.78 is 0. The van der Waals surface area contributed by atoms with Gasteiger partial charge < -0.3 is 5.32 Å². The molecule has 0 aromatic carbocycles. The van der Waals surface area contributed by atoms with Crippen molar-refractivity contribution < 1.29 is 0 Å². The molecule has 1 nitrogen and oxygen atoms in total. The first-order chi connectivity index (χ1) is 4.18. The minimum absolute atomic E-state index is 0.736. The van der Waals surface area contributed by atoms with E-state index in [9.17, 15) is 0 Å². The molecule has 0 aromatic heterocycles. The highest BCUT2D eigenvalue weighted by atomic mass is 35.6.